The zero-order valence-electron chi connectivity index (χ0n) is 16.4. The van der Waals surface area contributed by atoms with Crippen LogP contribution in [-0.2, 0) is 4.79 Å². The maximum atomic E-state index is 13.1. The van der Waals surface area contributed by atoms with Crippen LogP contribution in [0.15, 0.2) is 36.5 Å². The number of carbonyl (C=O) groups excluding carboxylic acids is 2. The highest BCUT2D eigenvalue weighted by Crippen LogP contribution is 2.54. The predicted molar refractivity (Wildman–Crippen MR) is 107 cm³/mol. The van der Waals surface area contributed by atoms with Gasteiger partial charge in [-0.2, -0.15) is 0 Å². The van der Waals surface area contributed by atoms with E-state index in [0.717, 1.165) is 37.7 Å². The van der Waals surface area contributed by atoms with Crippen LogP contribution in [0, 0.1) is 19.3 Å². The molecule has 2 N–H and O–H groups in total. The van der Waals surface area contributed by atoms with E-state index in [4.69, 9.17) is 0 Å². The van der Waals surface area contributed by atoms with Crippen molar-refractivity contribution in [2.75, 3.05) is 5.32 Å². The smallest absolute Gasteiger partial charge is 0.251 e. The summed E-state index contributed by atoms with van der Waals surface area (Å²) in [4.78, 5) is 34.3. The van der Waals surface area contributed by atoms with E-state index >= 15 is 0 Å². The highest BCUT2D eigenvalue weighted by atomic mass is 16.2. The van der Waals surface area contributed by atoms with Gasteiger partial charge in [-0.05, 0) is 64.2 Å². The molecule has 2 unspecified atom stereocenters. The molecule has 4 rings (SSSR count). The molecule has 146 valence electrons. The summed E-state index contributed by atoms with van der Waals surface area (Å²) in [5.74, 6) is 1.13. The molecule has 2 bridgehead atoms. The van der Waals surface area contributed by atoms with Crippen LogP contribution in [0.5, 0.6) is 0 Å². The number of rotatable bonds is 4. The molecule has 2 aliphatic carbocycles. The summed E-state index contributed by atoms with van der Waals surface area (Å²) in [5.41, 5.74) is 1.02. The summed E-state index contributed by atoms with van der Waals surface area (Å²) in [6.45, 7) is 3.78. The first kappa shape index (κ1) is 18.6. The number of hydrogen-bond acceptors (Lipinski definition) is 4. The van der Waals surface area contributed by atoms with Gasteiger partial charge in [-0.3, -0.25) is 9.59 Å². The van der Waals surface area contributed by atoms with E-state index in [0.29, 0.717) is 23.6 Å². The third-order valence-electron chi connectivity index (χ3n) is 6.23. The minimum Gasteiger partial charge on any atom is -0.347 e. The minimum atomic E-state index is -0.434. The van der Waals surface area contributed by atoms with Crippen molar-refractivity contribution in [3.63, 3.8) is 0 Å². The van der Waals surface area contributed by atoms with Crippen LogP contribution in [0.25, 0.3) is 0 Å². The third-order valence-corrected chi connectivity index (χ3v) is 6.23. The molecule has 2 amide bonds. The summed E-state index contributed by atoms with van der Waals surface area (Å²) in [7, 11) is 0. The summed E-state index contributed by atoms with van der Waals surface area (Å²) in [5, 5.41) is 6.25. The highest BCUT2D eigenvalue weighted by molar-refractivity contribution is 5.96. The van der Waals surface area contributed by atoms with E-state index in [9.17, 15) is 9.59 Å². The number of fused-ring (bicyclic) bond motifs is 2. The lowest BCUT2D eigenvalue weighted by Gasteiger charge is -2.39. The number of carbonyl (C=O) groups is 2. The summed E-state index contributed by atoms with van der Waals surface area (Å²) < 4.78 is 0. The molecule has 0 saturated heterocycles. The van der Waals surface area contributed by atoms with Gasteiger partial charge in [-0.25, -0.2) is 9.97 Å². The lowest BCUT2D eigenvalue weighted by Crippen LogP contribution is -2.50. The minimum absolute atomic E-state index is 0.0111. The van der Waals surface area contributed by atoms with Gasteiger partial charge in [0.25, 0.3) is 5.91 Å². The number of anilines is 1. The van der Waals surface area contributed by atoms with Gasteiger partial charge in [0.15, 0.2) is 0 Å². The van der Waals surface area contributed by atoms with E-state index in [1.807, 2.05) is 31.2 Å². The average Bonchev–Trinajstić information content (AvgIpc) is 2.93. The molecule has 2 aliphatic rings. The number of amides is 2. The third kappa shape index (κ3) is 3.51. The van der Waals surface area contributed by atoms with Gasteiger partial charge >= 0.3 is 0 Å². The van der Waals surface area contributed by atoms with Crippen molar-refractivity contribution in [3.8, 4) is 0 Å². The number of aryl methyl sites for hydroxylation is 2. The van der Waals surface area contributed by atoms with Crippen molar-refractivity contribution in [1.82, 2.24) is 15.3 Å². The fourth-order valence-electron chi connectivity index (χ4n) is 4.85. The zero-order chi connectivity index (χ0) is 19.8. The molecule has 2 saturated carbocycles. The van der Waals surface area contributed by atoms with Gasteiger partial charge in [0.05, 0.1) is 5.41 Å². The highest BCUT2D eigenvalue weighted by Gasteiger charge is 2.55. The Hall–Kier alpha value is -2.76. The SMILES string of the molecule is Cc1cccc(C(=O)NC23CCCC(C(=O)Nc4ccnc(C)n4)(CC2)C3)c1. The maximum Gasteiger partial charge on any atom is 0.251 e. The number of nitrogens with zero attached hydrogens (tertiary/aromatic N) is 2. The molecule has 6 heteroatoms. The molecule has 2 atom stereocenters. The topological polar surface area (TPSA) is 84.0 Å². The Kier molecular flexibility index (Phi) is 4.65. The lowest BCUT2D eigenvalue weighted by atomic mass is 9.72. The van der Waals surface area contributed by atoms with Crippen molar-refractivity contribution >= 4 is 17.6 Å². The van der Waals surface area contributed by atoms with Crippen LogP contribution in [0.2, 0.25) is 0 Å². The number of benzene rings is 1. The van der Waals surface area contributed by atoms with Crippen molar-refractivity contribution in [2.24, 2.45) is 5.41 Å². The Morgan fingerprint density at radius 3 is 2.71 bits per heavy atom. The van der Waals surface area contributed by atoms with Crippen molar-refractivity contribution in [3.05, 3.63) is 53.5 Å². The average molecular weight is 378 g/mol. The van der Waals surface area contributed by atoms with Gasteiger partial charge in [0.1, 0.15) is 11.6 Å². The molecule has 0 radical (unpaired) electrons. The second kappa shape index (κ2) is 7.00. The van der Waals surface area contributed by atoms with Gasteiger partial charge in [0.2, 0.25) is 5.91 Å². The standard InChI is InChI=1S/C22H26N4O2/c1-15-5-3-6-17(13-15)19(27)26-22-9-4-8-21(14-22,10-11-22)20(28)25-18-7-12-23-16(2)24-18/h3,5-7,12-13H,4,8-11,14H2,1-2H3,(H,26,27)(H,23,24,25,28). The molecular weight excluding hydrogens is 352 g/mol. The number of hydrogen-bond donors (Lipinski definition) is 2. The monoisotopic (exact) mass is 378 g/mol. The quantitative estimate of drug-likeness (QED) is 0.852. The Balaban J connectivity index is 1.49. The molecule has 2 aromatic rings. The van der Waals surface area contributed by atoms with Gasteiger partial charge < -0.3 is 10.6 Å². The molecule has 6 nitrogen and oxygen atoms in total. The van der Waals surface area contributed by atoms with E-state index in [-0.39, 0.29) is 17.4 Å². The van der Waals surface area contributed by atoms with E-state index in [1.165, 1.54) is 0 Å². The van der Waals surface area contributed by atoms with Crippen LogP contribution in [0.1, 0.15) is 60.3 Å². The second-order valence-electron chi connectivity index (χ2n) is 8.36. The Morgan fingerprint density at radius 1 is 1.07 bits per heavy atom. The summed E-state index contributed by atoms with van der Waals surface area (Å²) in [6, 6.07) is 9.34. The van der Waals surface area contributed by atoms with E-state index < -0.39 is 5.41 Å². The molecule has 0 aliphatic heterocycles. The van der Waals surface area contributed by atoms with Crippen LogP contribution in [0.4, 0.5) is 5.82 Å². The molecule has 1 aromatic heterocycles. The molecule has 0 spiro atoms. The maximum absolute atomic E-state index is 13.1. The van der Waals surface area contributed by atoms with Crippen molar-refractivity contribution in [1.29, 1.82) is 0 Å². The summed E-state index contributed by atoms with van der Waals surface area (Å²) in [6.07, 6.45) is 6.67. The van der Waals surface area contributed by atoms with Crippen molar-refractivity contribution < 1.29 is 9.59 Å². The predicted octanol–water partition coefficient (Wildman–Crippen LogP) is 3.55. The Labute approximate surface area is 165 Å². The van der Waals surface area contributed by atoms with Gasteiger partial charge in [-0.1, -0.05) is 24.1 Å². The Bertz CT molecular complexity index is 928. The first-order valence-corrected chi connectivity index (χ1v) is 9.90. The normalized spacial score (nSPS) is 25.9. The van der Waals surface area contributed by atoms with Crippen molar-refractivity contribution in [2.45, 2.75) is 57.9 Å². The molecule has 1 heterocycles. The fraction of sp³-hybridized carbons (Fsp3) is 0.455. The largest absolute Gasteiger partial charge is 0.347 e. The lowest BCUT2D eigenvalue weighted by molar-refractivity contribution is -0.126. The molecule has 28 heavy (non-hydrogen) atoms. The van der Waals surface area contributed by atoms with E-state index in [1.54, 1.807) is 19.2 Å². The second-order valence-corrected chi connectivity index (χ2v) is 8.36. The number of aromatic nitrogens is 2. The van der Waals surface area contributed by atoms with Crippen LogP contribution >= 0.6 is 0 Å². The molecular formula is C22H26N4O2. The first-order chi connectivity index (χ1) is 13.4. The van der Waals surface area contributed by atoms with Crippen LogP contribution < -0.4 is 10.6 Å². The van der Waals surface area contributed by atoms with Gasteiger partial charge in [0, 0.05) is 17.3 Å². The zero-order valence-corrected chi connectivity index (χ0v) is 16.4. The van der Waals surface area contributed by atoms with Crippen LogP contribution in [-0.4, -0.2) is 27.3 Å². The Morgan fingerprint density at radius 2 is 1.93 bits per heavy atom. The van der Waals surface area contributed by atoms with Crippen LogP contribution in [0.3, 0.4) is 0 Å². The fourth-order valence-corrected chi connectivity index (χ4v) is 4.85. The van der Waals surface area contributed by atoms with E-state index in [2.05, 4.69) is 20.6 Å². The molecule has 1 aromatic carbocycles. The first-order valence-electron chi connectivity index (χ1n) is 9.90. The number of nitrogens with one attached hydrogen (secondary N) is 2. The van der Waals surface area contributed by atoms with Gasteiger partial charge in [-0.15, -0.1) is 0 Å². The summed E-state index contributed by atoms with van der Waals surface area (Å²) >= 11 is 0. The molecule has 2 fully saturated rings.